The molecule has 0 radical (unpaired) electrons. The van der Waals surface area contributed by atoms with Crippen LogP contribution in [0.4, 0.5) is 0 Å². The van der Waals surface area contributed by atoms with Crippen molar-refractivity contribution in [1.29, 1.82) is 0 Å². The van der Waals surface area contributed by atoms with Crippen LogP contribution in [0.5, 0.6) is 0 Å². The summed E-state index contributed by atoms with van der Waals surface area (Å²) in [6.45, 7) is 8.94. The molecule has 0 unspecified atom stereocenters. The summed E-state index contributed by atoms with van der Waals surface area (Å²) in [5.41, 5.74) is 0. The van der Waals surface area contributed by atoms with Crippen LogP contribution < -0.4 is 0 Å². The fraction of sp³-hybridized carbons (Fsp3) is 0.208. The molecule has 0 fully saturated rings. The first-order valence-electron chi connectivity index (χ1n) is 8.70. The SMILES string of the molecule is C[C](C)=[Zr]=[C](C)C.[C-]1=CC=CC1.c1ccc2c(c1)[cH-]c1ccccc12. The Hall–Kier alpha value is -1.59. The molecular weight excluding hydrogens is 379 g/mol. The van der Waals surface area contributed by atoms with Crippen LogP contribution in [0, 0.1) is 6.08 Å². The molecule has 0 aromatic heterocycles. The molecule has 3 aromatic rings. The molecule has 0 bridgehead atoms. The maximum Gasteiger partial charge on any atom is -0.0771 e. The molecule has 0 atom stereocenters. The Labute approximate surface area is 162 Å². The normalized spacial score (nSPS) is 11.4. The summed E-state index contributed by atoms with van der Waals surface area (Å²) in [7, 11) is 0. The average Bonchev–Trinajstić information content (AvgIpc) is 3.25. The molecule has 4 rings (SSSR count). The van der Waals surface area contributed by atoms with Gasteiger partial charge in [-0.15, -0.1) is 46.2 Å². The van der Waals surface area contributed by atoms with Crippen molar-refractivity contribution in [3.63, 3.8) is 0 Å². The molecule has 1 aliphatic carbocycles. The first-order chi connectivity index (χ1) is 12.1. The second-order valence-corrected chi connectivity index (χ2v) is 12.0. The van der Waals surface area contributed by atoms with Crippen molar-refractivity contribution < 1.29 is 22.3 Å². The van der Waals surface area contributed by atoms with Gasteiger partial charge in [0.2, 0.25) is 0 Å². The van der Waals surface area contributed by atoms with Crippen LogP contribution in [0.2, 0.25) is 0 Å². The molecule has 1 heteroatoms. The summed E-state index contributed by atoms with van der Waals surface area (Å²) >= 11 is -0.128. The third-order valence-corrected chi connectivity index (χ3v) is 6.07. The van der Waals surface area contributed by atoms with E-state index in [1.807, 2.05) is 12.2 Å². The van der Waals surface area contributed by atoms with E-state index in [9.17, 15) is 0 Å². The molecule has 25 heavy (non-hydrogen) atoms. The van der Waals surface area contributed by atoms with Gasteiger partial charge in [-0.05, 0) is 0 Å². The Bertz CT molecular complexity index is 864. The van der Waals surface area contributed by atoms with Gasteiger partial charge in [0, 0.05) is 0 Å². The Kier molecular flexibility index (Phi) is 8.22. The Morgan fingerprint density at radius 1 is 0.840 bits per heavy atom. The van der Waals surface area contributed by atoms with Gasteiger partial charge in [-0.3, -0.25) is 6.08 Å². The van der Waals surface area contributed by atoms with E-state index in [-0.39, 0.29) is 22.3 Å². The number of hydrogen-bond donors (Lipinski definition) is 0. The topological polar surface area (TPSA) is 0 Å². The standard InChI is InChI=1S/C13H9.C5H5.2C3H6.Zr/c1-3-7-12-10(5-1)9-11-6-2-4-8-13(11)12;1-2-4-5-3-1;2*1-3-2;/h1-9H;1-3H,4H2;2*1-2H3;/q2*-1;;;. The van der Waals surface area contributed by atoms with Crippen molar-refractivity contribution >= 4 is 28.0 Å². The summed E-state index contributed by atoms with van der Waals surface area (Å²) in [5, 5.41) is 5.39. The molecule has 0 saturated heterocycles. The van der Waals surface area contributed by atoms with E-state index in [0.29, 0.717) is 0 Å². The Morgan fingerprint density at radius 2 is 1.36 bits per heavy atom. The van der Waals surface area contributed by atoms with Gasteiger partial charge in [-0.2, -0.15) is 6.08 Å². The van der Waals surface area contributed by atoms with Gasteiger partial charge in [0.15, 0.2) is 0 Å². The van der Waals surface area contributed by atoms with E-state index < -0.39 is 0 Å². The number of hydrogen-bond acceptors (Lipinski definition) is 0. The molecular formula is C24H26Zr-2. The van der Waals surface area contributed by atoms with Gasteiger partial charge in [0.05, 0.1) is 0 Å². The predicted molar refractivity (Wildman–Crippen MR) is 111 cm³/mol. The molecule has 1 aliphatic rings. The Balaban J connectivity index is 0.000000159. The van der Waals surface area contributed by atoms with E-state index in [4.69, 9.17) is 0 Å². The van der Waals surface area contributed by atoms with E-state index >= 15 is 0 Å². The van der Waals surface area contributed by atoms with Crippen molar-refractivity contribution in [2.75, 3.05) is 0 Å². The van der Waals surface area contributed by atoms with Crippen LogP contribution in [0.15, 0.2) is 72.8 Å². The summed E-state index contributed by atoms with van der Waals surface area (Å²) in [6.07, 6.45) is 10.0. The summed E-state index contributed by atoms with van der Waals surface area (Å²) in [5.74, 6) is 0. The zero-order valence-corrected chi connectivity index (χ0v) is 18.1. The summed E-state index contributed by atoms with van der Waals surface area (Å²) < 4.78 is 3.34. The van der Waals surface area contributed by atoms with Gasteiger partial charge in [-0.1, -0.05) is 36.4 Å². The van der Waals surface area contributed by atoms with Gasteiger partial charge < -0.3 is 0 Å². The van der Waals surface area contributed by atoms with Crippen molar-refractivity contribution in [2.24, 2.45) is 0 Å². The molecule has 0 saturated carbocycles. The molecule has 0 aliphatic heterocycles. The van der Waals surface area contributed by atoms with Gasteiger partial charge >= 0.3 is 56.4 Å². The molecule has 0 nitrogen and oxygen atoms in total. The number of benzene rings is 2. The minimum Gasteiger partial charge on any atom is -0.273 e. The first kappa shape index (κ1) is 19.7. The molecule has 0 N–H and O–H groups in total. The van der Waals surface area contributed by atoms with Crippen molar-refractivity contribution in [2.45, 2.75) is 34.1 Å². The molecule has 0 amide bonds. The van der Waals surface area contributed by atoms with Crippen LogP contribution in [0.25, 0.3) is 21.5 Å². The van der Waals surface area contributed by atoms with Crippen LogP contribution >= 0.6 is 0 Å². The summed E-state index contributed by atoms with van der Waals surface area (Å²) in [4.78, 5) is 0. The minimum absolute atomic E-state index is 0.128. The van der Waals surface area contributed by atoms with Crippen molar-refractivity contribution in [1.82, 2.24) is 0 Å². The molecule has 0 spiro atoms. The minimum atomic E-state index is -0.128. The van der Waals surface area contributed by atoms with Crippen molar-refractivity contribution in [3.05, 3.63) is 78.9 Å². The van der Waals surface area contributed by atoms with E-state index in [2.05, 4.69) is 94.4 Å². The fourth-order valence-electron chi connectivity index (χ4n) is 2.74. The predicted octanol–water partition coefficient (Wildman–Crippen LogP) is 6.51. The van der Waals surface area contributed by atoms with E-state index in [0.717, 1.165) is 6.42 Å². The average molecular weight is 406 g/mol. The molecule has 0 heterocycles. The van der Waals surface area contributed by atoms with Crippen LogP contribution in [0.3, 0.4) is 0 Å². The first-order valence-corrected chi connectivity index (χ1v) is 11.2. The third kappa shape index (κ3) is 6.67. The maximum atomic E-state index is 2.99. The van der Waals surface area contributed by atoms with Gasteiger partial charge in [0.1, 0.15) is 0 Å². The maximum absolute atomic E-state index is 2.99. The quantitative estimate of drug-likeness (QED) is 0.374. The van der Waals surface area contributed by atoms with Crippen LogP contribution in [-0.4, -0.2) is 6.41 Å². The Morgan fingerprint density at radius 3 is 1.68 bits per heavy atom. The second kappa shape index (κ2) is 10.4. The smallest absolute Gasteiger partial charge is 0.0771 e. The van der Waals surface area contributed by atoms with Crippen LogP contribution in [0.1, 0.15) is 34.1 Å². The number of allylic oxidation sites excluding steroid dienone is 4. The number of fused-ring (bicyclic) bond motifs is 3. The zero-order valence-electron chi connectivity index (χ0n) is 15.6. The summed E-state index contributed by atoms with van der Waals surface area (Å²) in [6, 6.07) is 19.3. The van der Waals surface area contributed by atoms with Gasteiger partial charge in [0.25, 0.3) is 0 Å². The molecule has 3 aromatic carbocycles. The second-order valence-electron chi connectivity index (χ2n) is 6.45. The fourth-order valence-corrected chi connectivity index (χ4v) is 5.20. The zero-order chi connectivity index (χ0) is 18.1. The largest absolute Gasteiger partial charge is 0.273 e. The number of rotatable bonds is 0. The van der Waals surface area contributed by atoms with Crippen LogP contribution in [-0.2, 0) is 22.3 Å². The van der Waals surface area contributed by atoms with Gasteiger partial charge in [-0.25, -0.2) is 12.2 Å². The third-order valence-electron chi connectivity index (χ3n) is 3.61. The van der Waals surface area contributed by atoms with E-state index in [1.165, 1.54) is 21.5 Å². The monoisotopic (exact) mass is 404 g/mol. The van der Waals surface area contributed by atoms with E-state index in [1.54, 1.807) is 6.41 Å². The van der Waals surface area contributed by atoms with Crippen molar-refractivity contribution in [3.8, 4) is 0 Å². The molecule has 128 valence electrons.